The van der Waals surface area contributed by atoms with Crippen molar-refractivity contribution in [2.45, 2.75) is 19.0 Å². The molecule has 80 valence electrons. The molecule has 0 fully saturated rings. The SMILES string of the molecule is NC(CO)CCn1ncc2ccccc21. The van der Waals surface area contributed by atoms with Crippen LogP contribution in [-0.2, 0) is 6.54 Å². The van der Waals surface area contributed by atoms with Gasteiger partial charge < -0.3 is 10.8 Å². The van der Waals surface area contributed by atoms with Crippen LogP contribution in [0, 0.1) is 0 Å². The minimum Gasteiger partial charge on any atom is -0.395 e. The van der Waals surface area contributed by atoms with E-state index < -0.39 is 0 Å². The van der Waals surface area contributed by atoms with Crippen molar-refractivity contribution in [3.05, 3.63) is 30.5 Å². The van der Waals surface area contributed by atoms with Crippen LogP contribution < -0.4 is 5.73 Å². The van der Waals surface area contributed by atoms with Gasteiger partial charge >= 0.3 is 0 Å². The monoisotopic (exact) mass is 205 g/mol. The highest BCUT2D eigenvalue weighted by atomic mass is 16.3. The second kappa shape index (κ2) is 4.42. The highest BCUT2D eigenvalue weighted by Gasteiger charge is 2.04. The van der Waals surface area contributed by atoms with E-state index in [9.17, 15) is 0 Å². The summed E-state index contributed by atoms with van der Waals surface area (Å²) in [5, 5.41) is 14.2. The molecule has 0 amide bonds. The minimum absolute atomic E-state index is 0.0270. The lowest BCUT2D eigenvalue weighted by Crippen LogP contribution is -2.26. The van der Waals surface area contributed by atoms with Crippen molar-refractivity contribution in [2.75, 3.05) is 6.61 Å². The Morgan fingerprint density at radius 1 is 1.40 bits per heavy atom. The van der Waals surface area contributed by atoms with Crippen LogP contribution in [0.25, 0.3) is 10.9 Å². The van der Waals surface area contributed by atoms with E-state index in [2.05, 4.69) is 5.10 Å². The lowest BCUT2D eigenvalue weighted by Gasteiger charge is -2.08. The molecule has 4 heteroatoms. The van der Waals surface area contributed by atoms with Crippen LogP contribution in [-0.4, -0.2) is 27.5 Å². The number of hydrogen-bond acceptors (Lipinski definition) is 3. The molecule has 1 atom stereocenters. The van der Waals surface area contributed by atoms with E-state index in [1.807, 2.05) is 35.1 Å². The zero-order chi connectivity index (χ0) is 10.7. The highest BCUT2D eigenvalue weighted by Crippen LogP contribution is 2.12. The van der Waals surface area contributed by atoms with Crippen molar-refractivity contribution < 1.29 is 5.11 Å². The fraction of sp³-hybridized carbons (Fsp3) is 0.364. The maximum absolute atomic E-state index is 8.82. The summed E-state index contributed by atoms with van der Waals surface area (Å²) in [6.07, 6.45) is 2.59. The van der Waals surface area contributed by atoms with Crippen molar-refractivity contribution in [1.29, 1.82) is 0 Å². The van der Waals surface area contributed by atoms with Crippen LogP contribution in [0.5, 0.6) is 0 Å². The Bertz CT molecular complexity index is 438. The first-order chi connectivity index (χ1) is 7.31. The standard InChI is InChI=1S/C11H15N3O/c12-10(8-15)5-6-14-11-4-2-1-3-9(11)7-13-14/h1-4,7,10,15H,5-6,8,12H2. The van der Waals surface area contributed by atoms with Gasteiger partial charge in [-0.25, -0.2) is 0 Å². The van der Waals surface area contributed by atoms with Gasteiger partial charge in [-0.1, -0.05) is 18.2 Å². The van der Waals surface area contributed by atoms with Gasteiger partial charge in [-0.05, 0) is 12.5 Å². The van der Waals surface area contributed by atoms with Crippen molar-refractivity contribution >= 4 is 10.9 Å². The summed E-state index contributed by atoms with van der Waals surface area (Å²) in [4.78, 5) is 0. The topological polar surface area (TPSA) is 64.1 Å². The average Bonchev–Trinajstić information content (AvgIpc) is 2.69. The fourth-order valence-corrected chi connectivity index (χ4v) is 1.58. The van der Waals surface area contributed by atoms with Gasteiger partial charge in [0.1, 0.15) is 0 Å². The number of nitrogens with zero attached hydrogens (tertiary/aromatic N) is 2. The molecule has 0 saturated heterocycles. The molecular formula is C11H15N3O. The third kappa shape index (κ3) is 2.16. The molecule has 0 aliphatic heterocycles. The third-order valence-corrected chi connectivity index (χ3v) is 2.50. The average molecular weight is 205 g/mol. The molecule has 0 bridgehead atoms. The number of hydrogen-bond donors (Lipinski definition) is 2. The summed E-state index contributed by atoms with van der Waals surface area (Å²) < 4.78 is 1.92. The minimum atomic E-state index is -0.159. The molecule has 0 saturated carbocycles. The van der Waals surface area contributed by atoms with E-state index in [0.717, 1.165) is 23.9 Å². The molecule has 0 aliphatic carbocycles. The Morgan fingerprint density at radius 3 is 3.00 bits per heavy atom. The lowest BCUT2D eigenvalue weighted by atomic mass is 10.2. The molecule has 1 heterocycles. The number of aliphatic hydroxyl groups excluding tert-OH is 1. The second-order valence-corrected chi connectivity index (χ2v) is 3.66. The van der Waals surface area contributed by atoms with Gasteiger partial charge in [-0.3, -0.25) is 4.68 Å². The van der Waals surface area contributed by atoms with Crippen molar-refractivity contribution in [2.24, 2.45) is 5.73 Å². The van der Waals surface area contributed by atoms with Gasteiger partial charge in [0.15, 0.2) is 0 Å². The van der Waals surface area contributed by atoms with Gasteiger partial charge in [0, 0.05) is 18.0 Å². The molecule has 4 nitrogen and oxygen atoms in total. The van der Waals surface area contributed by atoms with E-state index in [0.29, 0.717) is 0 Å². The normalized spacial score (nSPS) is 13.2. The summed E-state index contributed by atoms with van der Waals surface area (Å²) in [5.74, 6) is 0. The van der Waals surface area contributed by atoms with E-state index in [1.54, 1.807) is 0 Å². The van der Waals surface area contributed by atoms with Crippen LogP contribution in [0.4, 0.5) is 0 Å². The third-order valence-electron chi connectivity index (χ3n) is 2.50. The van der Waals surface area contributed by atoms with Crippen molar-refractivity contribution in [3.8, 4) is 0 Å². The molecule has 2 rings (SSSR count). The van der Waals surface area contributed by atoms with Crippen LogP contribution in [0.3, 0.4) is 0 Å². The maximum Gasteiger partial charge on any atom is 0.0682 e. The van der Waals surface area contributed by atoms with Crippen LogP contribution in [0.2, 0.25) is 0 Å². The molecule has 0 aliphatic rings. The first-order valence-corrected chi connectivity index (χ1v) is 5.08. The maximum atomic E-state index is 8.82. The number of rotatable bonds is 4. The highest BCUT2D eigenvalue weighted by molar-refractivity contribution is 5.78. The molecule has 3 N–H and O–H groups in total. The van der Waals surface area contributed by atoms with Gasteiger partial charge in [-0.2, -0.15) is 5.10 Å². The Morgan fingerprint density at radius 2 is 2.20 bits per heavy atom. The summed E-state index contributed by atoms with van der Waals surface area (Å²) in [5.41, 5.74) is 6.76. The first kappa shape index (κ1) is 10.1. The molecule has 2 aromatic rings. The van der Waals surface area contributed by atoms with E-state index in [-0.39, 0.29) is 12.6 Å². The van der Waals surface area contributed by atoms with E-state index >= 15 is 0 Å². The van der Waals surface area contributed by atoms with Crippen molar-refractivity contribution in [1.82, 2.24) is 9.78 Å². The number of nitrogens with two attached hydrogens (primary N) is 1. The quantitative estimate of drug-likeness (QED) is 0.774. The number of benzene rings is 1. The first-order valence-electron chi connectivity index (χ1n) is 5.08. The van der Waals surface area contributed by atoms with Gasteiger partial charge in [0.05, 0.1) is 18.3 Å². The van der Waals surface area contributed by atoms with E-state index in [1.165, 1.54) is 0 Å². The molecule has 1 unspecified atom stereocenters. The second-order valence-electron chi connectivity index (χ2n) is 3.66. The number of para-hydroxylation sites is 1. The largest absolute Gasteiger partial charge is 0.395 e. The number of aromatic nitrogens is 2. The van der Waals surface area contributed by atoms with Gasteiger partial charge in [0.2, 0.25) is 0 Å². The zero-order valence-corrected chi connectivity index (χ0v) is 8.50. The van der Waals surface area contributed by atoms with Crippen molar-refractivity contribution in [3.63, 3.8) is 0 Å². The molecule has 1 aromatic carbocycles. The molecule has 0 spiro atoms. The Kier molecular flexibility index (Phi) is 2.99. The summed E-state index contributed by atoms with van der Waals surface area (Å²) in [7, 11) is 0. The Hall–Kier alpha value is -1.39. The summed E-state index contributed by atoms with van der Waals surface area (Å²) in [6, 6.07) is 7.89. The smallest absolute Gasteiger partial charge is 0.0682 e. The number of aliphatic hydroxyl groups is 1. The zero-order valence-electron chi connectivity index (χ0n) is 8.50. The Balaban J connectivity index is 2.14. The summed E-state index contributed by atoms with van der Waals surface area (Å²) >= 11 is 0. The van der Waals surface area contributed by atoms with Gasteiger partial charge in [0.25, 0.3) is 0 Å². The molecule has 1 aromatic heterocycles. The van der Waals surface area contributed by atoms with Crippen LogP contribution >= 0.6 is 0 Å². The Labute approximate surface area is 88.3 Å². The molecule has 15 heavy (non-hydrogen) atoms. The lowest BCUT2D eigenvalue weighted by molar-refractivity contribution is 0.255. The predicted octanol–water partition coefficient (Wildman–Crippen LogP) is 0.746. The van der Waals surface area contributed by atoms with Crippen LogP contribution in [0.1, 0.15) is 6.42 Å². The molecular weight excluding hydrogens is 190 g/mol. The van der Waals surface area contributed by atoms with E-state index in [4.69, 9.17) is 10.8 Å². The number of aryl methyl sites for hydroxylation is 1. The molecule has 0 radical (unpaired) electrons. The predicted molar refractivity (Wildman–Crippen MR) is 59.4 cm³/mol. The van der Waals surface area contributed by atoms with Crippen LogP contribution in [0.15, 0.2) is 30.5 Å². The summed E-state index contributed by atoms with van der Waals surface area (Å²) in [6.45, 7) is 0.772. The van der Waals surface area contributed by atoms with Gasteiger partial charge in [-0.15, -0.1) is 0 Å². The fourth-order valence-electron chi connectivity index (χ4n) is 1.58. The number of fused-ring (bicyclic) bond motifs is 1.